The van der Waals surface area contributed by atoms with E-state index in [2.05, 4.69) is 65.8 Å². The Bertz CT molecular complexity index is 700. The summed E-state index contributed by atoms with van der Waals surface area (Å²) in [6.45, 7) is 4.29. The van der Waals surface area contributed by atoms with Crippen molar-refractivity contribution in [2.75, 3.05) is 5.32 Å². The second-order valence-electron chi connectivity index (χ2n) is 4.95. The van der Waals surface area contributed by atoms with Gasteiger partial charge in [0.2, 0.25) is 0 Å². The summed E-state index contributed by atoms with van der Waals surface area (Å²) >= 11 is 0. The van der Waals surface area contributed by atoms with E-state index in [0.29, 0.717) is 0 Å². The highest BCUT2D eigenvalue weighted by atomic mass is 15.1. The molecule has 3 aromatic rings. The molecule has 0 aliphatic heterocycles. The molecule has 3 heteroatoms. The number of hydrogen-bond acceptors (Lipinski definition) is 2. The Kier molecular flexibility index (Phi) is 2.95. The number of rotatable bonds is 3. The predicted molar refractivity (Wildman–Crippen MR) is 79.3 cm³/mol. The third-order valence-electron chi connectivity index (χ3n) is 3.37. The smallest absolute Gasteiger partial charge is 0.0651 e. The zero-order chi connectivity index (χ0) is 13.2. The number of nitrogens with zero attached hydrogens (tertiary/aromatic N) is 1. The van der Waals surface area contributed by atoms with Crippen molar-refractivity contribution in [1.29, 1.82) is 0 Å². The highest BCUT2D eigenvalue weighted by Gasteiger charge is 2.06. The fraction of sp³-hybridized carbons (Fsp3) is 0.188. The van der Waals surface area contributed by atoms with Gasteiger partial charge < -0.3 is 5.32 Å². The number of aromatic amines is 1. The number of H-pyrrole nitrogens is 1. The molecule has 0 saturated carbocycles. The van der Waals surface area contributed by atoms with Gasteiger partial charge in [0.15, 0.2) is 0 Å². The monoisotopic (exact) mass is 251 g/mol. The highest BCUT2D eigenvalue weighted by Crippen LogP contribution is 2.22. The SMILES string of the molecule is Cc1cccc(C(C)Nc2ccc3[nH]ncc3c2)c1. The van der Waals surface area contributed by atoms with Crippen molar-refractivity contribution in [2.24, 2.45) is 0 Å². The molecule has 0 aliphatic rings. The van der Waals surface area contributed by atoms with Crippen LogP contribution in [0.15, 0.2) is 48.7 Å². The van der Waals surface area contributed by atoms with Crippen LogP contribution in [0.4, 0.5) is 5.69 Å². The molecule has 19 heavy (non-hydrogen) atoms. The Hall–Kier alpha value is -2.29. The molecule has 0 fully saturated rings. The van der Waals surface area contributed by atoms with Gasteiger partial charge >= 0.3 is 0 Å². The zero-order valence-electron chi connectivity index (χ0n) is 11.1. The normalized spacial score (nSPS) is 12.5. The molecule has 3 nitrogen and oxygen atoms in total. The Morgan fingerprint density at radius 3 is 2.89 bits per heavy atom. The van der Waals surface area contributed by atoms with Crippen LogP contribution < -0.4 is 5.32 Å². The van der Waals surface area contributed by atoms with E-state index in [-0.39, 0.29) is 6.04 Å². The van der Waals surface area contributed by atoms with E-state index in [1.807, 2.05) is 12.3 Å². The highest BCUT2D eigenvalue weighted by molar-refractivity contribution is 5.81. The van der Waals surface area contributed by atoms with E-state index in [9.17, 15) is 0 Å². The summed E-state index contributed by atoms with van der Waals surface area (Å²) in [4.78, 5) is 0. The molecular weight excluding hydrogens is 234 g/mol. The van der Waals surface area contributed by atoms with Gasteiger partial charge in [0.05, 0.1) is 11.7 Å². The second-order valence-corrected chi connectivity index (χ2v) is 4.95. The molecular formula is C16H17N3. The summed E-state index contributed by atoms with van der Waals surface area (Å²) in [7, 11) is 0. The van der Waals surface area contributed by atoms with Gasteiger partial charge in [-0.2, -0.15) is 5.10 Å². The molecule has 0 spiro atoms. The number of hydrogen-bond donors (Lipinski definition) is 2. The van der Waals surface area contributed by atoms with Gasteiger partial charge in [0, 0.05) is 17.1 Å². The average molecular weight is 251 g/mol. The fourth-order valence-corrected chi connectivity index (χ4v) is 2.31. The maximum atomic E-state index is 4.04. The molecule has 3 rings (SSSR count). The number of benzene rings is 2. The third-order valence-corrected chi connectivity index (χ3v) is 3.37. The van der Waals surface area contributed by atoms with Crippen LogP contribution in [0, 0.1) is 6.92 Å². The van der Waals surface area contributed by atoms with Crippen LogP contribution in [-0.4, -0.2) is 10.2 Å². The summed E-state index contributed by atoms with van der Waals surface area (Å²) < 4.78 is 0. The number of nitrogens with one attached hydrogen (secondary N) is 2. The minimum absolute atomic E-state index is 0.282. The van der Waals surface area contributed by atoms with Crippen molar-refractivity contribution in [3.05, 3.63) is 59.8 Å². The van der Waals surface area contributed by atoms with Crippen LogP contribution in [-0.2, 0) is 0 Å². The third kappa shape index (κ3) is 2.45. The minimum Gasteiger partial charge on any atom is -0.379 e. The van der Waals surface area contributed by atoms with Crippen molar-refractivity contribution in [3.63, 3.8) is 0 Å². The van der Waals surface area contributed by atoms with E-state index < -0.39 is 0 Å². The summed E-state index contributed by atoms with van der Waals surface area (Å²) in [5.41, 5.74) is 4.76. The first-order valence-electron chi connectivity index (χ1n) is 6.48. The van der Waals surface area contributed by atoms with Crippen LogP contribution in [0.1, 0.15) is 24.1 Å². The first-order chi connectivity index (χ1) is 9.22. The first kappa shape index (κ1) is 11.8. The Labute approximate surface area is 112 Å². The maximum absolute atomic E-state index is 4.04. The number of aromatic nitrogens is 2. The fourth-order valence-electron chi connectivity index (χ4n) is 2.31. The van der Waals surface area contributed by atoms with Gasteiger partial charge in [-0.05, 0) is 37.6 Å². The van der Waals surface area contributed by atoms with Crippen LogP contribution in [0.5, 0.6) is 0 Å². The first-order valence-corrected chi connectivity index (χ1v) is 6.48. The van der Waals surface area contributed by atoms with E-state index >= 15 is 0 Å². The lowest BCUT2D eigenvalue weighted by Crippen LogP contribution is -2.06. The Balaban J connectivity index is 1.83. The molecule has 0 radical (unpaired) electrons. The summed E-state index contributed by atoms with van der Waals surface area (Å²) in [6.07, 6.45) is 1.85. The van der Waals surface area contributed by atoms with Crippen LogP contribution in [0.2, 0.25) is 0 Å². The predicted octanol–water partition coefficient (Wildman–Crippen LogP) is 4.04. The standard InChI is InChI=1S/C16H17N3/c1-11-4-3-5-13(8-11)12(2)18-15-6-7-16-14(9-15)10-17-19-16/h3-10,12,18H,1-2H3,(H,17,19). The van der Waals surface area contributed by atoms with Crippen molar-refractivity contribution in [3.8, 4) is 0 Å². The van der Waals surface area contributed by atoms with Gasteiger partial charge in [-0.25, -0.2) is 0 Å². The molecule has 2 aromatic carbocycles. The minimum atomic E-state index is 0.282. The van der Waals surface area contributed by atoms with Crippen LogP contribution >= 0.6 is 0 Å². The van der Waals surface area contributed by atoms with E-state index in [1.165, 1.54) is 11.1 Å². The van der Waals surface area contributed by atoms with Gasteiger partial charge in [-0.15, -0.1) is 0 Å². The molecule has 0 saturated heterocycles. The molecule has 0 amide bonds. The van der Waals surface area contributed by atoms with Gasteiger partial charge in [-0.1, -0.05) is 29.8 Å². The van der Waals surface area contributed by atoms with Gasteiger partial charge in [0.25, 0.3) is 0 Å². The molecule has 96 valence electrons. The summed E-state index contributed by atoms with van der Waals surface area (Å²) in [5.74, 6) is 0. The van der Waals surface area contributed by atoms with E-state index in [1.54, 1.807) is 0 Å². The lowest BCUT2D eigenvalue weighted by Gasteiger charge is -2.16. The lowest BCUT2D eigenvalue weighted by atomic mass is 10.1. The summed E-state index contributed by atoms with van der Waals surface area (Å²) in [5, 5.41) is 11.7. The number of aryl methyl sites for hydroxylation is 1. The molecule has 1 atom stereocenters. The average Bonchev–Trinajstić information content (AvgIpc) is 2.86. The van der Waals surface area contributed by atoms with E-state index in [0.717, 1.165) is 16.6 Å². The van der Waals surface area contributed by atoms with Crippen molar-refractivity contribution in [1.82, 2.24) is 10.2 Å². The summed E-state index contributed by atoms with van der Waals surface area (Å²) in [6, 6.07) is 15.1. The maximum Gasteiger partial charge on any atom is 0.0651 e. The molecule has 0 aliphatic carbocycles. The van der Waals surface area contributed by atoms with E-state index in [4.69, 9.17) is 0 Å². The van der Waals surface area contributed by atoms with Gasteiger partial charge in [0.1, 0.15) is 0 Å². The quantitative estimate of drug-likeness (QED) is 0.737. The number of fused-ring (bicyclic) bond motifs is 1. The second kappa shape index (κ2) is 4.76. The zero-order valence-corrected chi connectivity index (χ0v) is 11.1. The molecule has 1 aromatic heterocycles. The molecule has 0 bridgehead atoms. The van der Waals surface area contributed by atoms with Crippen LogP contribution in [0.25, 0.3) is 10.9 Å². The lowest BCUT2D eigenvalue weighted by molar-refractivity contribution is 0.883. The van der Waals surface area contributed by atoms with Crippen molar-refractivity contribution < 1.29 is 0 Å². The number of anilines is 1. The van der Waals surface area contributed by atoms with Gasteiger partial charge in [-0.3, -0.25) is 5.10 Å². The largest absolute Gasteiger partial charge is 0.379 e. The van der Waals surface area contributed by atoms with Crippen molar-refractivity contribution >= 4 is 16.6 Å². The Morgan fingerprint density at radius 1 is 1.16 bits per heavy atom. The molecule has 1 unspecified atom stereocenters. The molecule has 1 heterocycles. The van der Waals surface area contributed by atoms with Crippen LogP contribution in [0.3, 0.4) is 0 Å². The topological polar surface area (TPSA) is 40.7 Å². The molecule has 2 N–H and O–H groups in total. The Morgan fingerprint density at radius 2 is 2.05 bits per heavy atom. The van der Waals surface area contributed by atoms with Crippen molar-refractivity contribution in [2.45, 2.75) is 19.9 Å².